The van der Waals surface area contributed by atoms with Crippen molar-refractivity contribution < 1.29 is 9.84 Å². The predicted molar refractivity (Wildman–Crippen MR) is 87.7 cm³/mol. The third-order valence-corrected chi connectivity index (χ3v) is 3.65. The molecule has 7 heteroatoms. The van der Waals surface area contributed by atoms with Crippen molar-refractivity contribution in [3.8, 4) is 11.6 Å². The van der Waals surface area contributed by atoms with Gasteiger partial charge in [0.15, 0.2) is 5.82 Å². The van der Waals surface area contributed by atoms with Crippen molar-refractivity contribution in [3.63, 3.8) is 0 Å². The third-order valence-electron chi connectivity index (χ3n) is 3.22. The molecule has 6 nitrogen and oxygen atoms in total. The molecule has 0 radical (unpaired) electrons. The minimum absolute atomic E-state index is 0.0177. The van der Waals surface area contributed by atoms with Gasteiger partial charge in [-0.2, -0.15) is 4.98 Å². The number of benzene rings is 1. The van der Waals surface area contributed by atoms with Crippen LogP contribution in [0.25, 0.3) is 0 Å². The Bertz CT molecular complexity index is 651. The molecule has 118 valence electrons. The van der Waals surface area contributed by atoms with Gasteiger partial charge in [-0.05, 0) is 37.6 Å². The molecule has 0 aliphatic heterocycles. The minimum atomic E-state index is 0.0177. The molecule has 0 saturated carbocycles. The first kappa shape index (κ1) is 16.3. The molecule has 0 saturated heterocycles. The topological polar surface area (TPSA) is 84.5 Å². The Morgan fingerprint density at radius 2 is 2.14 bits per heavy atom. The Kier molecular flexibility index (Phi) is 5.41. The molecule has 22 heavy (non-hydrogen) atoms. The normalized spacial score (nSPS) is 10.5. The molecule has 0 aliphatic rings. The summed E-state index contributed by atoms with van der Waals surface area (Å²) in [7, 11) is 0. The van der Waals surface area contributed by atoms with E-state index >= 15 is 0 Å². The zero-order chi connectivity index (χ0) is 16.1. The van der Waals surface area contributed by atoms with Crippen LogP contribution < -0.4 is 15.4 Å². The number of nitrogens with two attached hydrogens (primary N) is 1. The average molecular weight is 323 g/mol. The number of likely N-dealkylation sites (N-methyl/N-ethyl adjacent to an activating group) is 1. The van der Waals surface area contributed by atoms with Crippen LogP contribution >= 0.6 is 11.6 Å². The summed E-state index contributed by atoms with van der Waals surface area (Å²) in [5.41, 5.74) is 7.35. The highest BCUT2D eigenvalue weighted by molar-refractivity contribution is 6.31. The summed E-state index contributed by atoms with van der Waals surface area (Å²) >= 11 is 6.00. The largest absolute Gasteiger partial charge is 0.437 e. The molecular weight excluding hydrogens is 304 g/mol. The zero-order valence-electron chi connectivity index (χ0n) is 12.6. The van der Waals surface area contributed by atoms with E-state index in [4.69, 9.17) is 27.2 Å². The molecule has 2 aromatic rings. The molecule has 0 amide bonds. The maximum absolute atomic E-state index is 9.11. The number of nitrogen functional groups attached to an aromatic ring is 1. The number of aliphatic hydroxyl groups excluding tert-OH is 1. The number of aromatic nitrogens is 2. The molecular formula is C15H19ClN4O2. The molecule has 2 rings (SSSR count). The maximum atomic E-state index is 9.11. The first-order valence-electron chi connectivity index (χ1n) is 6.97. The van der Waals surface area contributed by atoms with Gasteiger partial charge in [0.2, 0.25) is 5.88 Å². The van der Waals surface area contributed by atoms with Crippen LogP contribution in [-0.2, 0) is 0 Å². The fourth-order valence-electron chi connectivity index (χ4n) is 2.03. The Morgan fingerprint density at radius 1 is 1.36 bits per heavy atom. The van der Waals surface area contributed by atoms with Crippen molar-refractivity contribution in [2.45, 2.75) is 13.8 Å². The Labute approximate surface area is 134 Å². The molecule has 1 heterocycles. The van der Waals surface area contributed by atoms with Gasteiger partial charge in [0.1, 0.15) is 17.8 Å². The van der Waals surface area contributed by atoms with Crippen molar-refractivity contribution in [3.05, 3.63) is 35.1 Å². The molecule has 0 aliphatic carbocycles. The molecule has 3 N–H and O–H groups in total. The summed E-state index contributed by atoms with van der Waals surface area (Å²) in [6.45, 7) is 4.98. The third kappa shape index (κ3) is 3.58. The fourth-order valence-corrected chi connectivity index (χ4v) is 2.15. The van der Waals surface area contributed by atoms with Gasteiger partial charge in [0.25, 0.3) is 0 Å². The number of hydrogen-bond acceptors (Lipinski definition) is 6. The Hall–Kier alpha value is -2.05. The van der Waals surface area contributed by atoms with Gasteiger partial charge < -0.3 is 20.5 Å². The van der Waals surface area contributed by atoms with E-state index in [1.54, 1.807) is 12.1 Å². The molecule has 1 aromatic carbocycles. The van der Waals surface area contributed by atoms with E-state index in [2.05, 4.69) is 9.97 Å². The second-order valence-electron chi connectivity index (χ2n) is 4.73. The molecule has 1 aromatic heterocycles. The SMILES string of the molecule is CCN(CCO)c1ncnc(Oc2ccc(Cl)c(C)c2)c1N. The van der Waals surface area contributed by atoms with E-state index in [9.17, 15) is 0 Å². The summed E-state index contributed by atoms with van der Waals surface area (Å²) in [5.74, 6) is 1.43. The second-order valence-corrected chi connectivity index (χ2v) is 5.14. The molecule has 0 unspecified atom stereocenters. The molecule has 0 fully saturated rings. The maximum Gasteiger partial charge on any atom is 0.248 e. The Balaban J connectivity index is 2.30. The lowest BCUT2D eigenvalue weighted by Gasteiger charge is -2.22. The van der Waals surface area contributed by atoms with Gasteiger partial charge in [-0.1, -0.05) is 11.6 Å². The lowest BCUT2D eigenvalue weighted by Crippen LogP contribution is -2.28. The highest BCUT2D eigenvalue weighted by Gasteiger charge is 2.15. The Morgan fingerprint density at radius 3 is 2.77 bits per heavy atom. The summed E-state index contributed by atoms with van der Waals surface area (Å²) in [5, 5.41) is 9.78. The number of aryl methyl sites for hydroxylation is 1. The zero-order valence-corrected chi connectivity index (χ0v) is 13.3. The van der Waals surface area contributed by atoms with Crippen LogP contribution in [0.5, 0.6) is 11.6 Å². The highest BCUT2D eigenvalue weighted by atomic mass is 35.5. The monoisotopic (exact) mass is 322 g/mol. The lowest BCUT2D eigenvalue weighted by atomic mass is 10.2. The van der Waals surface area contributed by atoms with Gasteiger partial charge in [0, 0.05) is 18.1 Å². The fraction of sp³-hybridized carbons (Fsp3) is 0.333. The summed E-state index contributed by atoms with van der Waals surface area (Å²) in [4.78, 5) is 10.1. The smallest absolute Gasteiger partial charge is 0.248 e. The van der Waals surface area contributed by atoms with E-state index < -0.39 is 0 Å². The van der Waals surface area contributed by atoms with Crippen molar-refractivity contribution in [2.24, 2.45) is 0 Å². The van der Waals surface area contributed by atoms with Crippen LogP contribution in [0.4, 0.5) is 11.5 Å². The first-order valence-corrected chi connectivity index (χ1v) is 7.34. The van der Waals surface area contributed by atoms with E-state index in [-0.39, 0.29) is 12.5 Å². The standard InChI is InChI=1S/C15H19ClN4O2/c1-3-20(6-7-21)14-13(17)15(19-9-18-14)22-11-4-5-12(16)10(2)8-11/h4-5,8-9,21H,3,6-7,17H2,1-2H3. The van der Waals surface area contributed by atoms with Crippen molar-refractivity contribution in [2.75, 3.05) is 30.3 Å². The van der Waals surface area contributed by atoms with Crippen LogP contribution in [0.15, 0.2) is 24.5 Å². The number of rotatable bonds is 6. The van der Waals surface area contributed by atoms with Gasteiger partial charge in [-0.3, -0.25) is 0 Å². The van der Waals surface area contributed by atoms with Gasteiger partial charge in [-0.25, -0.2) is 4.98 Å². The quantitative estimate of drug-likeness (QED) is 0.850. The van der Waals surface area contributed by atoms with E-state index in [0.717, 1.165) is 5.56 Å². The number of ether oxygens (including phenoxy) is 1. The number of anilines is 2. The summed E-state index contributed by atoms with van der Waals surface area (Å²) in [6.07, 6.45) is 1.39. The lowest BCUT2D eigenvalue weighted by molar-refractivity contribution is 0.302. The number of nitrogens with zero attached hydrogens (tertiary/aromatic N) is 3. The highest BCUT2D eigenvalue weighted by Crippen LogP contribution is 2.32. The number of aliphatic hydroxyl groups is 1. The minimum Gasteiger partial charge on any atom is -0.437 e. The van der Waals surface area contributed by atoms with Crippen molar-refractivity contribution in [1.82, 2.24) is 9.97 Å². The van der Waals surface area contributed by atoms with Crippen LogP contribution in [0.1, 0.15) is 12.5 Å². The van der Waals surface area contributed by atoms with Crippen LogP contribution in [0, 0.1) is 6.92 Å². The van der Waals surface area contributed by atoms with E-state index in [1.165, 1.54) is 6.33 Å². The van der Waals surface area contributed by atoms with Crippen molar-refractivity contribution in [1.29, 1.82) is 0 Å². The van der Waals surface area contributed by atoms with E-state index in [0.29, 0.717) is 35.4 Å². The number of halogens is 1. The average Bonchev–Trinajstić information content (AvgIpc) is 2.51. The van der Waals surface area contributed by atoms with Gasteiger partial charge >= 0.3 is 0 Å². The summed E-state index contributed by atoms with van der Waals surface area (Å²) < 4.78 is 5.73. The van der Waals surface area contributed by atoms with Crippen LogP contribution in [0.3, 0.4) is 0 Å². The molecule has 0 spiro atoms. The molecule has 0 bridgehead atoms. The summed E-state index contributed by atoms with van der Waals surface area (Å²) in [6, 6.07) is 5.32. The van der Waals surface area contributed by atoms with E-state index in [1.807, 2.05) is 24.8 Å². The van der Waals surface area contributed by atoms with Crippen LogP contribution in [0.2, 0.25) is 5.02 Å². The van der Waals surface area contributed by atoms with Crippen molar-refractivity contribution >= 4 is 23.1 Å². The second kappa shape index (κ2) is 7.29. The van der Waals surface area contributed by atoms with Crippen LogP contribution in [-0.4, -0.2) is 34.8 Å². The molecule has 0 atom stereocenters. The van der Waals surface area contributed by atoms with Gasteiger partial charge in [-0.15, -0.1) is 0 Å². The number of hydrogen-bond donors (Lipinski definition) is 2. The predicted octanol–water partition coefficient (Wildman–Crippen LogP) is 2.63. The first-order chi connectivity index (χ1) is 10.6. The van der Waals surface area contributed by atoms with Gasteiger partial charge in [0.05, 0.1) is 6.61 Å².